The summed E-state index contributed by atoms with van der Waals surface area (Å²) in [6.07, 6.45) is 5.20. The summed E-state index contributed by atoms with van der Waals surface area (Å²) < 4.78 is 25.4. The van der Waals surface area contributed by atoms with Gasteiger partial charge < -0.3 is 0 Å². The highest BCUT2D eigenvalue weighted by atomic mass is 32.2. The van der Waals surface area contributed by atoms with Crippen molar-refractivity contribution in [1.29, 1.82) is 0 Å². The Morgan fingerprint density at radius 2 is 2.07 bits per heavy atom. The summed E-state index contributed by atoms with van der Waals surface area (Å²) in [6, 6.07) is 6.88. The van der Waals surface area contributed by atoms with Crippen LogP contribution in [0.2, 0.25) is 0 Å². The van der Waals surface area contributed by atoms with Gasteiger partial charge >= 0.3 is 10.3 Å². The standard InChI is InChI=1S/C9H9NO3S/c1-2-8-5-3-4-6-9(8)7-13-14(10,11)12/h1,3-6H,7H2,(H2,10,11,12). The maximum Gasteiger partial charge on any atom is 0.333 e. The highest BCUT2D eigenvalue weighted by molar-refractivity contribution is 7.84. The SMILES string of the molecule is C#Cc1ccccc1COS(N)(=O)=O. The molecule has 0 saturated heterocycles. The molecule has 0 aliphatic rings. The van der Waals surface area contributed by atoms with E-state index in [0.717, 1.165) is 0 Å². The number of hydrogen-bond donors (Lipinski definition) is 1. The first kappa shape index (κ1) is 10.7. The Morgan fingerprint density at radius 1 is 1.43 bits per heavy atom. The average Bonchev–Trinajstić information content (AvgIpc) is 2.14. The van der Waals surface area contributed by atoms with Gasteiger partial charge in [0.25, 0.3) is 0 Å². The molecule has 0 radical (unpaired) electrons. The third-order valence-electron chi connectivity index (χ3n) is 1.55. The maximum atomic E-state index is 10.5. The minimum absolute atomic E-state index is 0.140. The van der Waals surface area contributed by atoms with E-state index in [1.165, 1.54) is 0 Å². The zero-order chi connectivity index (χ0) is 10.6. The Hall–Kier alpha value is -1.35. The number of hydrogen-bond acceptors (Lipinski definition) is 3. The molecule has 0 fully saturated rings. The molecule has 0 spiro atoms. The number of nitrogens with two attached hydrogens (primary N) is 1. The quantitative estimate of drug-likeness (QED) is 0.735. The normalized spacial score (nSPS) is 10.9. The van der Waals surface area contributed by atoms with Crippen molar-refractivity contribution in [3.63, 3.8) is 0 Å². The fourth-order valence-corrected chi connectivity index (χ4v) is 1.22. The summed E-state index contributed by atoms with van der Waals surface area (Å²) in [5.41, 5.74) is 1.21. The Balaban J connectivity index is 2.83. The molecule has 0 aromatic heterocycles. The average molecular weight is 211 g/mol. The van der Waals surface area contributed by atoms with E-state index in [9.17, 15) is 8.42 Å². The fraction of sp³-hybridized carbons (Fsp3) is 0.111. The van der Waals surface area contributed by atoms with Gasteiger partial charge in [-0.2, -0.15) is 8.42 Å². The van der Waals surface area contributed by atoms with Gasteiger partial charge in [-0.15, -0.1) is 6.42 Å². The molecule has 4 nitrogen and oxygen atoms in total. The first-order valence-corrected chi connectivity index (χ1v) is 5.22. The van der Waals surface area contributed by atoms with Crippen molar-refractivity contribution in [2.75, 3.05) is 0 Å². The predicted molar refractivity (Wildman–Crippen MR) is 52.3 cm³/mol. The summed E-state index contributed by atoms with van der Waals surface area (Å²) in [7, 11) is -3.92. The van der Waals surface area contributed by atoms with Crippen molar-refractivity contribution in [2.24, 2.45) is 5.14 Å². The second kappa shape index (κ2) is 4.24. The fourth-order valence-electron chi connectivity index (χ4n) is 0.933. The summed E-state index contributed by atoms with van der Waals surface area (Å²) >= 11 is 0. The van der Waals surface area contributed by atoms with E-state index in [2.05, 4.69) is 15.2 Å². The minimum Gasteiger partial charge on any atom is -0.253 e. The highest BCUT2D eigenvalue weighted by Gasteiger charge is 2.05. The molecule has 0 aliphatic carbocycles. The highest BCUT2D eigenvalue weighted by Crippen LogP contribution is 2.09. The molecule has 0 bridgehead atoms. The molecule has 0 unspecified atom stereocenters. The van der Waals surface area contributed by atoms with Crippen LogP contribution in [-0.2, 0) is 21.1 Å². The van der Waals surface area contributed by atoms with Crippen LogP contribution in [0.25, 0.3) is 0 Å². The van der Waals surface area contributed by atoms with Crippen LogP contribution in [0.1, 0.15) is 11.1 Å². The van der Waals surface area contributed by atoms with Gasteiger partial charge in [-0.05, 0) is 11.6 Å². The molecule has 0 amide bonds. The van der Waals surface area contributed by atoms with E-state index in [-0.39, 0.29) is 6.61 Å². The minimum atomic E-state index is -3.92. The number of terminal acetylenes is 1. The van der Waals surface area contributed by atoms with E-state index >= 15 is 0 Å². The van der Waals surface area contributed by atoms with Gasteiger partial charge in [0.1, 0.15) is 0 Å². The first-order valence-electron chi connectivity index (χ1n) is 3.74. The predicted octanol–water partition coefficient (Wildman–Crippen LogP) is 0.388. The second-order valence-electron chi connectivity index (χ2n) is 2.56. The zero-order valence-electron chi connectivity index (χ0n) is 7.30. The summed E-state index contributed by atoms with van der Waals surface area (Å²) in [5.74, 6) is 2.42. The van der Waals surface area contributed by atoms with Crippen LogP contribution in [0, 0.1) is 12.3 Å². The molecule has 1 aromatic rings. The lowest BCUT2D eigenvalue weighted by Gasteiger charge is -2.03. The van der Waals surface area contributed by atoms with Gasteiger partial charge in [-0.25, -0.2) is 5.14 Å². The molecule has 1 aromatic carbocycles. The lowest BCUT2D eigenvalue weighted by Crippen LogP contribution is -2.15. The summed E-state index contributed by atoms with van der Waals surface area (Å²) in [4.78, 5) is 0. The van der Waals surface area contributed by atoms with Gasteiger partial charge in [-0.3, -0.25) is 4.18 Å². The van der Waals surface area contributed by atoms with Crippen molar-refractivity contribution < 1.29 is 12.6 Å². The van der Waals surface area contributed by atoms with Crippen LogP contribution in [0.15, 0.2) is 24.3 Å². The molecule has 14 heavy (non-hydrogen) atoms. The number of rotatable bonds is 3. The molecule has 0 heterocycles. The molecule has 0 atom stereocenters. The van der Waals surface area contributed by atoms with Crippen LogP contribution >= 0.6 is 0 Å². The smallest absolute Gasteiger partial charge is 0.253 e. The molecule has 74 valence electrons. The monoisotopic (exact) mass is 211 g/mol. The first-order chi connectivity index (χ1) is 6.53. The Morgan fingerprint density at radius 3 is 2.64 bits per heavy atom. The van der Waals surface area contributed by atoms with E-state index in [1.54, 1.807) is 24.3 Å². The molecular formula is C9H9NO3S. The second-order valence-corrected chi connectivity index (χ2v) is 3.78. The molecule has 1 rings (SSSR count). The Kier molecular flexibility index (Phi) is 3.25. The van der Waals surface area contributed by atoms with Gasteiger partial charge in [0.15, 0.2) is 0 Å². The molecule has 0 aliphatic heterocycles. The summed E-state index contributed by atoms with van der Waals surface area (Å²) in [5, 5.41) is 4.67. The van der Waals surface area contributed by atoms with E-state index < -0.39 is 10.3 Å². The lowest BCUT2D eigenvalue weighted by molar-refractivity contribution is 0.308. The topological polar surface area (TPSA) is 69.4 Å². The van der Waals surface area contributed by atoms with E-state index in [0.29, 0.717) is 11.1 Å². The maximum absolute atomic E-state index is 10.5. The van der Waals surface area contributed by atoms with E-state index in [4.69, 9.17) is 6.42 Å². The third-order valence-corrected chi connectivity index (χ3v) is 2.00. The van der Waals surface area contributed by atoms with Crippen LogP contribution in [0.4, 0.5) is 0 Å². The van der Waals surface area contributed by atoms with Crippen LogP contribution < -0.4 is 5.14 Å². The van der Waals surface area contributed by atoms with Crippen LogP contribution in [0.3, 0.4) is 0 Å². The van der Waals surface area contributed by atoms with Crippen molar-refractivity contribution in [2.45, 2.75) is 6.61 Å². The van der Waals surface area contributed by atoms with Crippen LogP contribution in [0.5, 0.6) is 0 Å². The number of benzene rings is 1. The summed E-state index contributed by atoms with van der Waals surface area (Å²) in [6.45, 7) is -0.140. The lowest BCUT2D eigenvalue weighted by atomic mass is 10.1. The van der Waals surface area contributed by atoms with Gasteiger partial charge in [0.05, 0.1) is 6.61 Å². The van der Waals surface area contributed by atoms with Crippen LogP contribution in [-0.4, -0.2) is 8.42 Å². The molecule has 2 N–H and O–H groups in total. The van der Waals surface area contributed by atoms with Crippen molar-refractivity contribution in [1.82, 2.24) is 0 Å². The zero-order valence-corrected chi connectivity index (χ0v) is 8.12. The van der Waals surface area contributed by atoms with Crippen molar-refractivity contribution >= 4 is 10.3 Å². The molecule has 0 saturated carbocycles. The van der Waals surface area contributed by atoms with Gasteiger partial charge in [0, 0.05) is 5.56 Å². The molecular weight excluding hydrogens is 202 g/mol. The van der Waals surface area contributed by atoms with Crippen molar-refractivity contribution in [3.8, 4) is 12.3 Å². The molecule has 5 heteroatoms. The largest absolute Gasteiger partial charge is 0.333 e. The Bertz CT molecular complexity index is 459. The van der Waals surface area contributed by atoms with Crippen molar-refractivity contribution in [3.05, 3.63) is 35.4 Å². The van der Waals surface area contributed by atoms with Gasteiger partial charge in [-0.1, -0.05) is 24.1 Å². The Labute approximate surface area is 82.9 Å². The van der Waals surface area contributed by atoms with Gasteiger partial charge in [0.2, 0.25) is 0 Å². The third kappa shape index (κ3) is 3.18. The van der Waals surface area contributed by atoms with E-state index in [1.807, 2.05) is 0 Å².